The predicted molar refractivity (Wildman–Crippen MR) is 68.6 cm³/mol. The van der Waals surface area contributed by atoms with E-state index in [-0.39, 0.29) is 0 Å². The molecule has 0 bridgehead atoms. The van der Waals surface area contributed by atoms with Crippen LogP contribution in [0.15, 0.2) is 6.20 Å². The van der Waals surface area contributed by atoms with Crippen LogP contribution in [-0.2, 0) is 0 Å². The van der Waals surface area contributed by atoms with E-state index in [4.69, 9.17) is 0 Å². The van der Waals surface area contributed by atoms with Crippen molar-refractivity contribution in [2.75, 3.05) is 11.5 Å². The third-order valence-electron chi connectivity index (χ3n) is 2.34. The minimum Gasteiger partial charge on any atom is -0.248 e. The molecule has 2 unspecified atom stereocenters. The number of thiazole rings is 1. The Balaban J connectivity index is 2.14. The molecular weight excluding hydrogens is 230 g/mol. The maximum Gasteiger partial charge on any atom is 0.107 e. The summed E-state index contributed by atoms with van der Waals surface area (Å²) >= 11 is 6.08. The fraction of sp³-hybridized carbons (Fsp3) is 0.700. The van der Waals surface area contributed by atoms with Crippen molar-refractivity contribution in [1.29, 1.82) is 0 Å². The summed E-state index contributed by atoms with van der Waals surface area (Å²) in [5, 5.41) is 2.77. The van der Waals surface area contributed by atoms with Gasteiger partial charge in [0.05, 0.1) is 5.25 Å². The van der Waals surface area contributed by atoms with Gasteiger partial charge in [0.1, 0.15) is 5.01 Å². The molecule has 2 rings (SSSR count). The maximum atomic E-state index is 4.52. The number of thioether (sulfide) groups is 2. The fourth-order valence-electron chi connectivity index (χ4n) is 1.64. The monoisotopic (exact) mass is 245 g/mol. The summed E-state index contributed by atoms with van der Waals surface area (Å²) in [4.78, 5) is 5.86. The molecule has 0 saturated carbocycles. The Morgan fingerprint density at radius 2 is 2.21 bits per heavy atom. The van der Waals surface area contributed by atoms with Crippen LogP contribution in [0, 0.1) is 6.92 Å². The number of nitrogens with zero attached hydrogens (tertiary/aromatic N) is 1. The zero-order chi connectivity index (χ0) is 9.97. The van der Waals surface area contributed by atoms with Crippen LogP contribution in [0.4, 0.5) is 0 Å². The van der Waals surface area contributed by atoms with Crippen molar-refractivity contribution >= 4 is 34.9 Å². The van der Waals surface area contributed by atoms with Gasteiger partial charge in [-0.3, -0.25) is 0 Å². The van der Waals surface area contributed by atoms with Gasteiger partial charge in [-0.05, 0) is 13.3 Å². The minimum atomic E-state index is 0.650. The smallest absolute Gasteiger partial charge is 0.107 e. The van der Waals surface area contributed by atoms with Crippen molar-refractivity contribution in [3.63, 3.8) is 0 Å². The number of aryl methyl sites for hydroxylation is 1. The van der Waals surface area contributed by atoms with Crippen LogP contribution in [0.5, 0.6) is 0 Å². The SMILES string of the molecule is CCC1SCCSC1c1ncc(C)s1. The second-order valence-corrected chi connectivity index (χ2v) is 7.28. The van der Waals surface area contributed by atoms with E-state index >= 15 is 0 Å². The van der Waals surface area contributed by atoms with Crippen LogP contribution >= 0.6 is 34.9 Å². The van der Waals surface area contributed by atoms with Crippen LogP contribution in [0.3, 0.4) is 0 Å². The molecule has 1 saturated heterocycles. The molecule has 1 aromatic rings. The first-order chi connectivity index (χ1) is 6.81. The minimum absolute atomic E-state index is 0.650. The number of hydrogen-bond acceptors (Lipinski definition) is 4. The van der Waals surface area contributed by atoms with Crippen LogP contribution in [0.2, 0.25) is 0 Å². The van der Waals surface area contributed by atoms with Crippen molar-refractivity contribution in [3.05, 3.63) is 16.1 Å². The summed E-state index contributed by atoms with van der Waals surface area (Å²) in [5.41, 5.74) is 0. The maximum absolute atomic E-state index is 4.52. The molecule has 1 aliphatic heterocycles. The fourth-order valence-corrected chi connectivity index (χ4v) is 5.84. The summed E-state index contributed by atoms with van der Waals surface area (Å²) in [6.07, 6.45) is 3.27. The first kappa shape index (κ1) is 10.8. The number of aromatic nitrogens is 1. The quantitative estimate of drug-likeness (QED) is 0.787. The normalized spacial score (nSPS) is 27.9. The highest BCUT2D eigenvalue weighted by Crippen LogP contribution is 2.44. The summed E-state index contributed by atoms with van der Waals surface area (Å²) in [5.74, 6) is 2.59. The first-order valence-corrected chi connectivity index (χ1v) is 7.88. The molecule has 0 radical (unpaired) electrons. The molecule has 2 atom stereocenters. The van der Waals surface area contributed by atoms with Crippen molar-refractivity contribution in [3.8, 4) is 0 Å². The Hall–Kier alpha value is 0.330. The highest BCUT2D eigenvalue weighted by Gasteiger charge is 2.28. The zero-order valence-electron chi connectivity index (χ0n) is 8.53. The van der Waals surface area contributed by atoms with E-state index in [2.05, 4.69) is 42.4 Å². The van der Waals surface area contributed by atoms with Crippen LogP contribution in [0.25, 0.3) is 0 Å². The molecule has 2 heterocycles. The average molecular weight is 245 g/mol. The average Bonchev–Trinajstić information content (AvgIpc) is 2.65. The summed E-state index contributed by atoms with van der Waals surface area (Å²) < 4.78 is 0. The number of rotatable bonds is 2. The first-order valence-electron chi connectivity index (χ1n) is 4.96. The molecule has 0 aliphatic carbocycles. The predicted octanol–water partition coefficient (Wildman–Crippen LogP) is 3.75. The van der Waals surface area contributed by atoms with Crippen molar-refractivity contribution in [2.45, 2.75) is 30.8 Å². The second kappa shape index (κ2) is 4.90. The lowest BCUT2D eigenvalue weighted by Crippen LogP contribution is -2.17. The third kappa shape index (κ3) is 2.28. The molecule has 0 N–H and O–H groups in total. The molecule has 1 aliphatic rings. The van der Waals surface area contributed by atoms with E-state index in [1.165, 1.54) is 27.8 Å². The van der Waals surface area contributed by atoms with Gasteiger partial charge >= 0.3 is 0 Å². The Bertz CT molecular complexity index is 297. The van der Waals surface area contributed by atoms with Gasteiger partial charge in [0.25, 0.3) is 0 Å². The van der Waals surface area contributed by atoms with E-state index < -0.39 is 0 Å². The van der Waals surface area contributed by atoms with E-state index in [1.54, 1.807) is 0 Å². The van der Waals surface area contributed by atoms with E-state index in [1.807, 2.05) is 17.5 Å². The van der Waals surface area contributed by atoms with Crippen LogP contribution in [-0.4, -0.2) is 21.7 Å². The van der Waals surface area contributed by atoms with Crippen molar-refractivity contribution < 1.29 is 0 Å². The standard InChI is InChI=1S/C10H15NS3/c1-3-8-9(13-5-4-12-8)10-11-6-7(2)14-10/h6,8-9H,3-5H2,1-2H3. The topological polar surface area (TPSA) is 12.9 Å². The van der Waals surface area contributed by atoms with E-state index in [9.17, 15) is 0 Å². The largest absolute Gasteiger partial charge is 0.248 e. The second-order valence-electron chi connectivity index (χ2n) is 3.42. The molecule has 78 valence electrons. The van der Waals surface area contributed by atoms with Gasteiger partial charge in [-0.15, -0.1) is 23.1 Å². The van der Waals surface area contributed by atoms with Gasteiger partial charge < -0.3 is 0 Å². The molecule has 14 heavy (non-hydrogen) atoms. The van der Waals surface area contributed by atoms with Crippen molar-refractivity contribution in [1.82, 2.24) is 4.98 Å². The van der Waals surface area contributed by atoms with Gasteiger partial charge in [-0.2, -0.15) is 11.8 Å². The molecular formula is C10H15NS3. The lowest BCUT2D eigenvalue weighted by molar-refractivity contribution is 0.789. The molecule has 1 fully saturated rings. The van der Waals surface area contributed by atoms with Gasteiger partial charge in [0, 0.05) is 27.8 Å². The van der Waals surface area contributed by atoms with Crippen LogP contribution < -0.4 is 0 Å². The van der Waals surface area contributed by atoms with E-state index in [0.29, 0.717) is 5.25 Å². The van der Waals surface area contributed by atoms with Gasteiger partial charge in [0.2, 0.25) is 0 Å². The highest BCUT2D eigenvalue weighted by molar-refractivity contribution is 8.06. The number of hydrogen-bond donors (Lipinski definition) is 0. The summed E-state index contributed by atoms with van der Waals surface area (Å²) in [6.45, 7) is 4.43. The third-order valence-corrected chi connectivity index (χ3v) is 6.74. The molecule has 0 amide bonds. The molecule has 0 aromatic carbocycles. The van der Waals surface area contributed by atoms with Gasteiger partial charge in [-0.1, -0.05) is 6.92 Å². The summed E-state index contributed by atoms with van der Waals surface area (Å²) in [6, 6.07) is 0. The van der Waals surface area contributed by atoms with Gasteiger partial charge in [-0.25, -0.2) is 4.98 Å². The van der Waals surface area contributed by atoms with E-state index in [0.717, 1.165) is 5.25 Å². The Kier molecular flexibility index (Phi) is 3.79. The Morgan fingerprint density at radius 1 is 1.43 bits per heavy atom. The Labute approximate surface area is 98.1 Å². The molecule has 1 nitrogen and oxygen atoms in total. The highest BCUT2D eigenvalue weighted by atomic mass is 32.2. The molecule has 0 spiro atoms. The summed E-state index contributed by atoms with van der Waals surface area (Å²) in [7, 11) is 0. The van der Waals surface area contributed by atoms with Crippen LogP contribution in [0.1, 0.15) is 28.5 Å². The molecule has 4 heteroatoms. The lowest BCUT2D eigenvalue weighted by atomic mass is 10.2. The van der Waals surface area contributed by atoms with Gasteiger partial charge in [0.15, 0.2) is 0 Å². The lowest BCUT2D eigenvalue weighted by Gasteiger charge is -2.28. The molecule has 1 aromatic heterocycles. The zero-order valence-corrected chi connectivity index (χ0v) is 11.0. The Morgan fingerprint density at radius 3 is 2.86 bits per heavy atom. The van der Waals surface area contributed by atoms with Crippen molar-refractivity contribution in [2.24, 2.45) is 0 Å².